The fourth-order valence-electron chi connectivity index (χ4n) is 4.46. The molecule has 170 valence electrons. The van der Waals surface area contributed by atoms with E-state index in [-0.39, 0.29) is 5.56 Å². The highest BCUT2D eigenvalue weighted by molar-refractivity contribution is 6.30. The Morgan fingerprint density at radius 3 is 2.44 bits per heavy atom. The van der Waals surface area contributed by atoms with Crippen molar-refractivity contribution in [2.24, 2.45) is 19.8 Å². The SMILES string of the molecule is Cc1cccc(-c2cc(=O)n(C)c3ccc(C(N)(c4ccc(Cl)cc4)c4cncn4C)nc23)c1. The zero-order valence-electron chi connectivity index (χ0n) is 19.2. The van der Waals surface area contributed by atoms with Crippen molar-refractivity contribution in [2.75, 3.05) is 0 Å². The van der Waals surface area contributed by atoms with Crippen LogP contribution in [0.3, 0.4) is 0 Å². The van der Waals surface area contributed by atoms with Gasteiger partial charge < -0.3 is 14.9 Å². The molecule has 0 saturated carbocycles. The van der Waals surface area contributed by atoms with Gasteiger partial charge in [-0.1, -0.05) is 53.6 Å². The van der Waals surface area contributed by atoms with Crippen molar-refractivity contribution in [3.8, 4) is 11.1 Å². The summed E-state index contributed by atoms with van der Waals surface area (Å²) in [6, 6.07) is 20.9. The Hall–Kier alpha value is -3.74. The van der Waals surface area contributed by atoms with Crippen LogP contribution in [0.1, 0.15) is 22.5 Å². The number of halogens is 1. The summed E-state index contributed by atoms with van der Waals surface area (Å²) >= 11 is 6.17. The average Bonchev–Trinajstić information content (AvgIpc) is 3.27. The summed E-state index contributed by atoms with van der Waals surface area (Å²) < 4.78 is 3.50. The van der Waals surface area contributed by atoms with E-state index in [4.69, 9.17) is 22.3 Å². The molecule has 5 rings (SSSR count). The lowest BCUT2D eigenvalue weighted by Crippen LogP contribution is -2.41. The highest BCUT2D eigenvalue weighted by Crippen LogP contribution is 2.35. The number of hydrogen-bond donors (Lipinski definition) is 1. The van der Waals surface area contributed by atoms with E-state index < -0.39 is 5.54 Å². The lowest BCUT2D eigenvalue weighted by molar-refractivity contribution is 0.580. The molecular weight excluding hydrogens is 446 g/mol. The molecule has 3 heterocycles. The number of rotatable bonds is 4. The number of fused-ring (bicyclic) bond motifs is 1. The first kappa shape index (κ1) is 22.1. The third-order valence-electron chi connectivity index (χ3n) is 6.34. The van der Waals surface area contributed by atoms with Gasteiger partial charge in [0.15, 0.2) is 0 Å². The van der Waals surface area contributed by atoms with Crippen LogP contribution >= 0.6 is 11.6 Å². The van der Waals surface area contributed by atoms with Gasteiger partial charge in [-0.05, 0) is 42.3 Å². The quantitative estimate of drug-likeness (QED) is 0.419. The van der Waals surface area contributed by atoms with Gasteiger partial charge in [0, 0.05) is 30.7 Å². The maximum Gasteiger partial charge on any atom is 0.251 e. The normalized spacial score (nSPS) is 13.2. The van der Waals surface area contributed by atoms with E-state index in [2.05, 4.69) is 11.1 Å². The van der Waals surface area contributed by atoms with Crippen LogP contribution in [0.4, 0.5) is 0 Å². The van der Waals surface area contributed by atoms with E-state index in [1.54, 1.807) is 30.2 Å². The molecule has 0 amide bonds. The maximum atomic E-state index is 12.8. The fraction of sp³-hybridized carbons (Fsp3) is 0.148. The first-order valence-electron chi connectivity index (χ1n) is 10.9. The summed E-state index contributed by atoms with van der Waals surface area (Å²) in [6.45, 7) is 2.03. The van der Waals surface area contributed by atoms with Gasteiger partial charge in [-0.25, -0.2) is 9.97 Å². The Morgan fingerprint density at radius 2 is 1.76 bits per heavy atom. The van der Waals surface area contributed by atoms with Gasteiger partial charge in [0.05, 0.1) is 34.9 Å². The van der Waals surface area contributed by atoms with Crippen LogP contribution in [-0.4, -0.2) is 19.1 Å². The third kappa shape index (κ3) is 3.52. The van der Waals surface area contributed by atoms with Crippen LogP contribution in [0.25, 0.3) is 22.2 Å². The summed E-state index contributed by atoms with van der Waals surface area (Å²) in [7, 11) is 3.66. The van der Waals surface area contributed by atoms with Gasteiger partial charge in [-0.2, -0.15) is 0 Å². The van der Waals surface area contributed by atoms with Crippen molar-refractivity contribution < 1.29 is 0 Å². The zero-order valence-corrected chi connectivity index (χ0v) is 19.9. The largest absolute Gasteiger partial charge is 0.335 e. The molecule has 1 atom stereocenters. The van der Waals surface area contributed by atoms with E-state index in [9.17, 15) is 4.79 Å². The van der Waals surface area contributed by atoms with Crippen LogP contribution in [-0.2, 0) is 19.6 Å². The van der Waals surface area contributed by atoms with Crippen molar-refractivity contribution >= 4 is 22.6 Å². The maximum absolute atomic E-state index is 12.8. The number of aryl methyl sites for hydroxylation is 3. The topological polar surface area (TPSA) is 78.7 Å². The predicted molar refractivity (Wildman–Crippen MR) is 136 cm³/mol. The molecule has 0 bridgehead atoms. The second kappa shape index (κ2) is 8.24. The molecule has 2 N–H and O–H groups in total. The van der Waals surface area contributed by atoms with Crippen molar-refractivity contribution in [3.05, 3.63) is 117 Å². The monoisotopic (exact) mass is 469 g/mol. The van der Waals surface area contributed by atoms with Crippen molar-refractivity contribution in [1.29, 1.82) is 0 Å². The van der Waals surface area contributed by atoms with Gasteiger partial charge in [0.25, 0.3) is 5.56 Å². The number of nitrogens with zero attached hydrogens (tertiary/aromatic N) is 4. The molecule has 0 radical (unpaired) electrons. The molecule has 7 heteroatoms. The summed E-state index contributed by atoms with van der Waals surface area (Å²) in [6.07, 6.45) is 3.47. The van der Waals surface area contributed by atoms with E-state index in [0.29, 0.717) is 16.2 Å². The number of pyridine rings is 2. The van der Waals surface area contributed by atoms with E-state index in [1.807, 2.05) is 73.1 Å². The average molecular weight is 470 g/mol. The van der Waals surface area contributed by atoms with Gasteiger partial charge in [0.2, 0.25) is 0 Å². The molecule has 0 aliphatic rings. The van der Waals surface area contributed by atoms with Crippen LogP contribution in [0, 0.1) is 6.92 Å². The van der Waals surface area contributed by atoms with Crippen molar-refractivity contribution in [3.63, 3.8) is 0 Å². The number of hydrogen-bond acceptors (Lipinski definition) is 4. The fourth-order valence-corrected chi connectivity index (χ4v) is 4.58. The second-order valence-corrected chi connectivity index (χ2v) is 9.03. The van der Waals surface area contributed by atoms with Crippen molar-refractivity contribution in [2.45, 2.75) is 12.5 Å². The molecule has 0 saturated heterocycles. The second-order valence-electron chi connectivity index (χ2n) is 8.59. The van der Waals surface area contributed by atoms with Crippen LogP contribution in [0.2, 0.25) is 5.02 Å². The smallest absolute Gasteiger partial charge is 0.251 e. The highest BCUT2D eigenvalue weighted by Gasteiger charge is 2.36. The molecule has 0 aliphatic carbocycles. The molecule has 0 aliphatic heterocycles. The van der Waals surface area contributed by atoms with E-state index >= 15 is 0 Å². The predicted octanol–water partition coefficient (Wildman–Crippen LogP) is 4.55. The minimum Gasteiger partial charge on any atom is -0.335 e. The molecule has 0 fully saturated rings. The minimum absolute atomic E-state index is 0.0955. The molecule has 0 spiro atoms. The summed E-state index contributed by atoms with van der Waals surface area (Å²) in [4.78, 5) is 22.2. The molecule has 2 aromatic carbocycles. The highest BCUT2D eigenvalue weighted by atomic mass is 35.5. The van der Waals surface area contributed by atoms with Crippen molar-refractivity contribution in [1.82, 2.24) is 19.1 Å². The molecular formula is C27H24ClN5O. The number of nitrogens with two attached hydrogens (primary N) is 1. The third-order valence-corrected chi connectivity index (χ3v) is 6.59. The summed E-state index contributed by atoms with van der Waals surface area (Å²) in [5, 5.41) is 0.624. The number of imidazole rings is 1. The molecule has 5 aromatic rings. The molecule has 1 unspecified atom stereocenters. The molecule has 34 heavy (non-hydrogen) atoms. The van der Waals surface area contributed by atoms with Gasteiger partial charge in [-0.15, -0.1) is 0 Å². The van der Waals surface area contributed by atoms with Gasteiger partial charge >= 0.3 is 0 Å². The summed E-state index contributed by atoms with van der Waals surface area (Å²) in [5.74, 6) is 0. The van der Waals surface area contributed by atoms with Crippen LogP contribution in [0.5, 0.6) is 0 Å². The lowest BCUT2D eigenvalue weighted by Gasteiger charge is -2.30. The van der Waals surface area contributed by atoms with Crippen LogP contribution in [0.15, 0.2) is 84.0 Å². The Morgan fingerprint density at radius 1 is 1.00 bits per heavy atom. The Balaban J connectivity index is 1.84. The molecule has 6 nitrogen and oxygen atoms in total. The Bertz CT molecular complexity index is 1590. The Labute approximate surface area is 202 Å². The minimum atomic E-state index is -1.09. The van der Waals surface area contributed by atoms with E-state index in [1.165, 1.54) is 0 Å². The van der Waals surface area contributed by atoms with E-state index in [0.717, 1.165) is 33.5 Å². The first-order chi connectivity index (χ1) is 16.3. The standard InChI is InChI=1S/C27H24ClN5O/c1-17-5-4-6-18(13-17)21-14-25(34)33(3)22-11-12-23(31-26(21)22)27(29,24-15-30-16-32(24)2)19-7-9-20(28)10-8-19/h4-16H,29H2,1-3H3. The lowest BCUT2D eigenvalue weighted by atomic mass is 9.84. The van der Waals surface area contributed by atoms with Crippen LogP contribution < -0.4 is 11.3 Å². The van der Waals surface area contributed by atoms with Gasteiger partial charge in [0.1, 0.15) is 5.54 Å². The zero-order chi connectivity index (χ0) is 24.0. The number of benzene rings is 2. The van der Waals surface area contributed by atoms with Gasteiger partial charge in [-0.3, -0.25) is 4.79 Å². The first-order valence-corrected chi connectivity index (χ1v) is 11.3. The molecule has 3 aromatic heterocycles. The number of aromatic nitrogens is 4. The Kier molecular flexibility index (Phi) is 5.35. The summed E-state index contributed by atoms with van der Waals surface area (Å²) in [5.41, 5.74) is 12.5.